The molecule has 0 radical (unpaired) electrons. The van der Waals surface area contributed by atoms with Gasteiger partial charge in [-0.15, -0.1) is 0 Å². The van der Waals surface area contributed by atoms with Gasteiger partial charge in [-0.3, -0.25) is 15.6 Å². The summed E-state index contributed by atoms with van der Waals surface area (Å²) < 4.78 is 5.78. The van der Waals surface area contributed by atoms with Gasteiger partial charge in [0.25, 0.3) is 0 Å². The summed E-state index contributed by atoms with van der Waals surface area (Å²) in [4.78, 5) is 20.4. The largest absolute Gasteiger partial charge is 0.440 e. The van der Waals surface area contributed by atoms with Crippen LogP contribution in [0.25, 0.3) is 22.6 Å². The van der Waals surface area contributed by atoms with Crippen molar-refractivity contribution in [1.29, 1.82) is 0 Å². The molecule has 128 valence electrons. The molecular formula is C19H20N4O2. The Hall–Kier alpha value is -3.15. The predicted octanol–water partition coefficient (Wildman–Crippen LogP) is 3.81. The van der Waals surface area contributed by atoms with Crippen molar-refractivity contribution in [3.63, 3.8) is 0 Å². The lowest BCUT2D eigenvalue weighted by atomic mass is 10.1. The van der Waals surface area contributed by atoms with E-state index in [2.05, 4.69) is 20.8 Å². The number of benzene rings is 1. The molecule has 0 fully saturated rings. The van der Waals surface area contributed by atoms with Gasteiger partial charge in [0.05, 0.1) is 0 Å². The smallest absolute Gasteiger partial charge is 0.240 e. The van der Waals surface area contributed by atoms with Crippen LogP contribution in [-0.2, 0) is 4.79 Å². The first-order chi connectivity index (χ1) is 12.0. The highest BCUT2D eigenvalue weighted by Gasteiger charge is 2.15. The van der Waals surface area contributed by atoms with E-state index in [4.69, 9.17) is 4.42 Å². The van der Waals surface area contributed by atoms with Crippen LogP contribution in [0.1, 0.15) is 19.7 Å². The van der Waals surface area contributed by atoms with Gasteiger partial charge < -0.3 is 4.42 Å². The maximum atomic E-state index is 11.6. The number of amides is 1. The van der Waals surface area contributed by atoms with Crippen molar-refractivity contribution < 1.29 is 9.21 Å². The second kappa shape index (κ2) is 7.17. The molecule has 1 amide bonds. The fourth-order valence-electron chi connectivity index (χ4n) is 2.29. The molecule has 0 spiro atoms. The van der Waals surface area contributed by atoms with E-state index in [1.807, 2.05) is 57.2 Å². The highest BCUT2D eigenvalue weighted by atomic mass is 16.4. The minimum absolute atomic E-state index is 0.0944. The molecule has 1 aromatic carbocycles. The molecule has 2 N–H and O–H groups in total. The van der Waals surface area contributed by atoms with Gasteiger partial charge in [0, 0.05) is 30.2 Å². The van der Waals surface area contributed by atoms with Crippen molar-refractivity contribution in [2.75, 3.05) is 5.43 Å². The molecule has 6 nitrogen and oxygen atoms in total. The Morgan fingerprint density at radius 2 is 1.84 bits per heavy atom. The Morgan fingerprint density at radius 3 is 2.48 bits per heavy atom. The van der Waals surface area contributed by atoms with E-state index in [0.717, 1.165) is 16.8 Å². The van der Waals surface area contributed by atoms with E-state index in [-0.39, 0.29) is 11.8 Å². The number of hydrazine groups is 1. The SMILES string of the molecule is Cc1nc(-c2ccccc2)c(-c2ccc(NNC(=O)C(C)C)nc2)o1. The van der Waals surface area contributed by atoms with Crippen LogP contribution < -0.4 is 10.9 Å². The second-order valence-corrected chi connectivity index (χ2v) is 5.98. The van der Waals surface area contributed by atoms with Crippen molar-refractivity contribution in [2.24, 2.45) is 5.92 Å². The molecule has 2 heterocycles. The quantitative estimate of drug-likeness (QED) is 0.693. The molecular weight excluding hydrogens is 316 g/mol. The maximum absolute atomic E-state index is 11.6. The summed E-state index contributed by atoms with van der Waals surface area (Å²) in [6, 6.07) is 13.5. The molecule has 3 aromatic rings. The van der Waals surface area contributed by atoms with Gasteiger partial charge in [-0.25, -0.2) is 9.97 Å². The fourth-order valence-corrected chi connectivity index (χ4v) is 2.29. The summed E-state index contributed by atoms with van der Waals surface area (Å²) in [5.74, 6) is 1.63. The predicted molar refractivity (Wildman–Crippen MR) is 96.5 cm³/mol. The number of carbonyl (C=O) groups excluding carboxylic acids is 1. The van der Waals surface area contributed by atoms with Gasteiger partial charge in [0.1, 0.15) is 11.5 Å². The molecule has 0 atom stereocenters. The zero-order chi connectivity index (χ0) is 17.8. The van der Waals surface area contributed by atoms with Crippen LogP contribution in [0.15, 0.2) is 53.1 Å². The van der Waals surface area contributed by atoms with Crippen molar-refractivity contribution >= 4 is 11.7 Å². The zero-order valence-electron chi connectivity index (χ0n) is 14.4. The van der Waals surface area contributed by atoms with Crippen LogP contribution in [0.5, 0.6) is 0 Å². The standard InChI is InChI=1S/C19H20N4O2/c1-12(2)19(24)23-22-16-10-9-15(11-20-16)18-17(21-13(3)25-18)14-7-5-4-6-8-14/h4-12H,1-3H3,(H,20,22)(H,23,24). The van der Waals surface area contributed by atoms with Gasteiger partial charge in [-0.2, -0.15) is 0 Å². The van der Waals surface area contributed by atoms with Crippen molar-refractivity contribution in [1.82, 2.24) is 15.4 Å². The monoisotopic (exact) mass is 336 g/mol. The number of pyridine rings is 1. The highest BCUT2D eigenvalue weighted by Crippen LogP contribution is 2.32. The number of hydrogen-bond acceptors (Lipinski definition) is 5. The minimum atomic E-state index is -0.0997. The molecule has 0 saturated heterocycles. The Bertz CT molecular complexity index is 855. The van der Waals surface area contributed by atoms with Crippen molar-refractivity contribution in [3.05, 3.63) is 54.6 Å². The van der Waals surface area contributed by atoms with Crippen LogP contribution in [0, 0.1) is 12.8 Å². The highest BCUT2D eigenvalue weighted by molar-refractivity contribution is 5.79. The maximum Gasteiger partial charge on any atom is 0.240 e. The van der Waals surface area contributed by atoms with E-state index < -0.39 is 0 Å². The third kappa shape index (κ3) is 3.85. The molecule has 0 aliphatic heterocycles. The zero-order valence-corrected chi connectivity index (χ0v) is 14.4. The molecule has 0 unspecified atom stereocenters. The molecule has 2 aromatic heterocycles. The number of anilines is 1. The van der Waals surface area contributed by atoms with Crippen LogP contribution in [0.2, 0.25) is 0 Å². The number of rotatable bonds is 5. The van der Waals surface area contributed by atoms with Crippen LogP contribution >= 0.6 is 0 Å². The first kappa shape index (κ1) is 16.7. The molecule has 25 heavy (non-hydrogen) atoms. The Morgan fingerprint density at radius 1 is 1.08 bits per heavy atom. The average Bonchev–Trinajstić information content (AvgIpc) is 3.02. The number of oxazole rings is 1. The lowest BCUT2D eigenvalue weighted by Crippen LogP contribution is -2.33. The Balaban J connectivity index is 1.83. The molecule has 0 aliphatic carbocycles. The topological polar surface area (TPSA) is 80.0 Å². The number of nitrogens with one attached hydrogen (secondary N) is 2. The third-order valence-corrected chi connectivity index (χ3v) is 3.65. The van der Waals surface area contributed by atoms with Gasteiger partial charge in [0.2, 0.25) is 5.91 Å². The first-order valence-electron chi connectivity index (χ1n) is 8.09. The normalized spacial score (nSPS) is 10.7. The molecule has 0 saturated carbocycles. The third-order valence-electron chi connectivity index (χ3n) is 3.65. The van der Waals surface area contributed by atoms with E-state index in [1.54, 1.807) is 12.3 Å². The van der Waals surface area contributed by atoms with Gasteiger partial charge >= 0.3 is 0 Å². The van der Waals surface area contributed by atoms with E-state index in [1.165, 1.54) is 0 Å². The Labute approximate surface area is 146 Å². The van der Waals surface area contributed by atoms with Crippen LogP contribution in [-0.4, -0.2) is 15.9 Å². The number of nitrogens with zero attached hydrogens (tertiary/aromatic N) is 2. The summed E-state index contributed by atoms with van der Waals surface area (Å²) in [5.41, 5.74) is 8.00. The number of carbonyl (C=O) groups is 1. The summed E-state index contributed by atoms with van der Waals surface area (Å²) in [6.45, 7) is 5.47. The van der Waals surface area contributed by atoms with Gasteiger partial charge in [0.15, 0.2) is 11.7 Å². The van der Waals surface area contributed by atoms with E-state index >= 15 is 0 Å². The minimum Gasteiger partial charge on any atom is -0.440 e. The van der Waals surface area contributed by atoms with E-state index in [0.29, 0.717) is 17.5 Å². The molecule has 0 bridgehead atoms. The molecule has 3 rings (SSSR count). The summed E-state index contributed by atoms with van der Waals surface area (Å²) in [7, 11) is 0. The van der Waals surface area contributed by atoms with Crippen LogP contribution in [0.3, 0.4) is 0 Å². The number of hydrogen-bond donors (Lipinski definition) is 2. The first-order valence-corrected chi connectivity index (χ1v) is 8.09. The fraction of sp³-hybridized carbons (Fsp3) is 0.211. The number of aromatic nitrogens is 2. The molecule has 0 aliphatic rings. The van der Waals surface area contributed by atoms with Crippen molar-refractivity contribution in [2.45, 2.75) is 20.8 Å². The number of aryl methyl sites for hydroxylation is 1. The van der Waals surface area contributed by atoms with Gasteiger partial charge in [-0.1, -0.05) is 44.2 Å². The summed E-state index contributed by atoms with van der Waals surface area (Å²) in [5, 5.41) is 0. The summed E-state index contributed by atoms with van der Waals surface area (Å²) >= 11 is 0. The molecule has 6 heteroatoms. The van der Waals surface area contributed by atoms with Gasteiger partial charge in [-0.05, 0) is 12.1 Å². The second-order valence-electron chi connectivity index (χ2n) is 5.98. The Kier molecular flexibility index (Phi) is 4.79. The lowest BCUT2D eigenvalue weighted by Gasteiger charge is -2.09. The lowest BCUT2D eigenvalue weighted by molar-refractivity contribution is -0.123. The average molecular weight is 336 g/mol. The van der Waals surface area contributed by atoms with Crippen LogP contribution in [0.4, 0.5) is 5.82 Å². The van der Waals surface area contributed by atoms with E-state index in [9.17, 15) is 4.79 Å². The summed E-state index contributed by atoms with van der Waals surface area (Å²) in [6.07, 6.45) is 1.69. The van der Waals surface area contributed by atoms with Crippen molar-refractivity contribution in [3.8, 4) is 22.6 Å².